The van der Waals surface area contributed by atoms with Crippen molar-refractivity contribution in [2.24, 2.45) is 11.7 Å². The van der Waals surface area contributed by atoms with Gasteiger partial charge in [-0.05, 0) is 62.6 Å². The van der Waals surface area contributed by atoms with Crippen LogP contribution in [0.3, 0.4) is 0 Å². The second-order valence-electron chi connectivity index (χ2n) is 10.7. The number of rotatable bonds is 5. The molecule has 43 heavy (non-hydrogen) atoms. The number of aromatic nitrogens is 3. The van der Waals surface area contributed by atoms with Gasteiger partial charge < -0.3 is 16.0 Å². The van der Waals surface area contributed by atoms with Gasteiger partial charge in [-0.3, -0.25) is 9.00 Å². The first-order valence-electron chi connectivity index (χ1n) is 14.2. The van der Waals surface area contributed by atoms with Crippen LogP contribution in [0.4, 0.5) is 18.9 Å². The molecule has 3 fully saturated rings. The predicted molar refractivity (Wildman–Crippen MR) is 160 cm³/mol. The number of carbonyl (C=O) groups is 1. The fourth-order valence-corrected chi connectivity index (χ4v) is 5.94. The number of pyridine rings is 1. The van der Waals surface area contributed by atoms with Crippen molar-refractivity contribution in [1.82, 2.24) is 20.1 Å². The number of halogens is 3. The monoisotopic (exact) mass is 615 g/mol. The molecule has 2 aromatic heterocycles. The molecule has 3 N–H and O–H groups in total. The Labute approximate surface area is 251 Å². The minimum Gasteiger partial charge on any atom is -0.370 e. The topological polar surface area (TPSA) is 130 Å². The highest BCUT2D eigenvalue weighted by Gasteiger charge is 2.46. The summed E-state index contributed by atoms with van der Waals surface area (Å²) in [6.07, 6.45) is 6.19. The van der Waals surface area contributed by atoms with Crippen LogP contribution in [0.1, 0.15) is 38.5 Å². The summed E-state index contributed by atoms with van der Waals surface area (Å²) in [6, 6.07) is 13.3. The number of amides is 1. The molecule has 3 heterocycles. The van der Waals surface area contributed by atoms with E-state index >= 15 is 0 Å². The molecule has 0 unspecified atom stereocenters. The maximum absolute atomic E-state index is 13.0. The maximum atomic E-state index is 13.0. The van der Waals surface area contributed by atoms with Gasteiger partial charge in [-0.2, -0.15) is 10.4 Å². The van der Waals surface area contributed by atoms with Crippen LogP contribution in [0.5, 0.6) is 0 Å². The van der Waals surface area contributed by atoms with Crippen molar-refractivity contribution < 1.29 is 22.2 Å². The number of hydrogen-bond donors (Lipinski definition) is 2. The molecule has 6 rings (SSSR count). The number of carbonyl (C=O) groups excluding carboxylic acids is 1. The van der Waals surface area contributed by atoms with Gasteiger partial charge >= 0.3 is 0 Å². The van der Waals surface area contributed by atoms with E-state index in [1.807, 2.05) is 6.20 Å². The van der Waals surface area contributed by atoms with Crippen molar-refractivity contribution in [3.63, 3.8) is 0 Å². The lowest BCUT2D eigenvalue weighted by molar-refractivity contribution is -0.129. The van der Waals surface area contributed by atoms with Crippen molar-refractivity contribution in [3.8, 4) is 23.0 Å². The maximum Gasteiger partial charge on any atom is 0.248 e. The zero-order valence-electron chi connectivity index (χ0n) is 24.0. The standard InChI is InChI=1S/C18H17FN4OS.C11H14F2N2O.CH5N/c19-16-3-6-18(20-12-16)23-13-15(11-21-23)14-1-4-17(5-2-14)22-7-9-25(24)10-8-22;12-11(13)3-1-8(2-4-11)9(16)15-10(7-14)5-6-10;1-2/h1-6,11-13H,7-10H2;8H,1-6H2,(H,15,16);2H2,1H3. The quantitative estimate of drug-likeness (QED) is 0.440. The Bertz CT molecular complexity index is 1420. The highest BCUT2D eigenvalue weighted by atomic mass is 32.2. The van der Waals surface area contributed by atoms with Gasteiger partial charge in [0.25, 0.3) is 0 Å². The van der Waals surface area contributed by atoms with Crippen LogP contribution in [0.25, 0.3) is 16.9 Å². The van der Waals surface area contributed by atoms with E-state index in [2.05, 4.69) is 56.4 Å². The Morgan fingerprint density at radius 3 is 2.23 bits per heavy atom. The molecule has 9 nitrogen and oxygen atoms in total. The molecule has 230 valence electrons. The smallest absolute Gasteiger partial charge is 0.248 e. The SMILES string of the molecule is CN.N#CC1(NC(=O)C2CCC(F)(F)CC2)CC1.O=S1CCN(c2ccc(-c3cnn(-c4ccc(F)cn4)c3)cc2)CC1. The van der Waals surface area contributed by atoms with Crippen LogP contribution in [-0.4, -0.2) is 68.0 Å². The van der Waals surface area contributed by atoms with Gasteiger partial charge in [0, 0.05) is 71.6 Å². The number of nitrogens with one attached hydrogen (secondary N) is 1. The van der Waals surface area contributed by atoms with Gasteiger partial charge in [0.05, 0.1) is 18.5 Å². The Kier molecular flexibility index (Phi) is 10.6. The number of hydrogen-bond acceptors (Lipinski definition) is 7. The zero-order valence-corrected chi connectivity index (χ0v) is 24.8. The number of nitriles is 1. The summed E-state index contributed by atoms with van der Waals surface area (Å²) in [5.41, 5.74) is 6.99. The normalized spacial score (nSPS) is 19.1. The van der Waals surface area contributed by atoms with Crippen molar-refractivity contribution in [1.29, 1.82) is 5.26 Å². The number of benzene rings is 1. The van der Waals surface area contributed by atoms with E-state index < -0.39 is 22.3 Å². The van der Waals surface area contributed by atoms with E-state index in [0.717, 1.165) is 41.4 Å². The minimum absolute atomic E-state index is 0.218. The molecule has 3 aliphatic rings. The van der Waals surface area contributed by atoms with E-state index in [1.165, 1.54) is 19.3 Å². The molecule has 1 aromatic carbocycles. The first-order valence-corrected chi connectivity index (χ1v) is 15.7. The molecule has 0 spiro atoms. The first kappa shape index (κ1) is 32.2. The fourth-order valence-electron chi connectivity index (χ4n) is 4.89. The molecule has 0 atom stereocenters. The summed E-state index contributed by atoms with van der Waals surface area (Å²) in [5, 5.41) is 15.8. The molecule has 1 saturated heterocycles. The molecule has 3 aromatic rings. The lowest BCUT2D eigenvalue weighted by atomic mass is 9.86. The van der Waals surface area contributed by atoms with Crippen LogP contribution < -0.4 is 16.0 Å². The number of alkyl halides is 2. The predicted octanol–water partition coefficient (Wildman–Crippen LogP) is 4.20. The van der Waals surface area contributed by atoms with Crippen LogP contribution in [-0.2, 0) is 15.6 Å². The Morgan fingerprint density at radius 1 is 1.02 bits per heavy atom. The third-order valence-electron chi connectivity index (χ3n) is 7.69. The van der Waals surface area contributed by atoms with E-state index in [0.29, 0.717) is 18.7 Å². The summed E-state index contributed by atoms with van der Waals surface area (Å²) >= 11 is 0. The number of nitrogens with two attached hydrogens (primary N) is 1. The van der Waals surface area contributed by atoms with Gasteiger partial charge in [-0.15, -0.1) is 0 Å². The van der Waals surface area contributed by atoms with Crippen LogP contribution in [0, 0.1) is 23.1 Å². The molecule has 0 bridgehead atoms. The largest absolute Gasteiger partial charge is 0.370 e. The summed E-state index contributed by atoms with van der Waals surface area (Å²) in [7, 11) is 0.832. The molecule has 1 amide bonds. The Hall–Kier alpha value is -3.76. The van der Waals surface area contributed by atoms with E-state index in [1.54, 1.807) is 16.9 Å². The second-order valence-corrected chi connectivity index (χ2v) is 12.4. The van der Waals surface area contributed by atoms with Gasteiger partial charge in [0.1, 0.15) is 11.4 Å². The number of anilines is 1. The highest BCUT2D eigenvalue weighted by Crippen LogP contribution is 2.38. The Balaban J connectivity index is 0.000000203. The van der Waals surface area contributed by atoms with Gasteiger partial charge in [0.2, 0.25) is 11.8 Å². The zero-order chi connectivity index (χ0) is 31.0. The molecule has 2 saturated carbocycles. The van der Waals surface area contributed by atoms with Crippen LogP contribution >= 0.6 is 0 Å². The average molecular weight is 616 g/mol. The Morgan fingerprint density at radius 2 is 1.67 bits per heavy atom. The first-order chi connectivity index (χ1) is 20.7. The second kappa shape index (κ2) is 14.1. The van der Waals surface area contributed by atoms with Crippen LogP contribution in [0.15, 0.2) is 55.0 Å². The lowest BCUT2D eigenvalue weighted by Gasteiger charge is -2.28. The van der Waals surface area contributed by atoms with Gasteiger partial charge in [-0.25, -0.2) is 22.8 Å². The van der Waals surface area contributed by atoms with E-state index in [9.17, 15) is 22.2 Å². The average Bonchev–Trinajstić information content (AvgIpc) is 3.62. The summed E-state index contributed by atoms with van der Waals surface area (Å²) in [6.45, 7) is 1.67. The van der Waals surface area contributed by atoms with Gasteiger partial charge in [0.15, 0.2) is 5.82 Å². The molecule has 2 aliphatic carbocycles. The van der Waals surface area contributed by atoms with Crippen molar-refractivity contribution in [2.75, 3.05) is 36.5 Å². The summed E-state index contributed by atoms with van der Waals surface area (Å²) in [4.78, 5) is 18.0. The van der Waals surface area contributed by atoms with Crippen molar-refractivity contribution >= 4 is 22.4 Å². The van der Waals surface area contributed by atoms with Gasteiger partial charge in [-0.1, -0.05) is 12.1 Å². The molecule has 0 radical (unpaired) electrons. The van der Waals surface area contributed by atoms with E-state index in [4.69, 9.17) is 5.26 Å². The molecular weight excluding hydrogens is 579 g/mol. The van der Waals surface area contributed by atoms with Crippen molar-refractivity contribution in [2.45, 2.75) is 50.0 Å². The highest BCUT2D eigenvalue weighted by molar-refractivity contribution is 7.85. The summed E-state index contributed by atoms with van der Waals surface area (Å²) in [5.74, 6) is -1.50. The molecule has 1 aliphatic heterocycles. The van der Waals surface area contributed by atoms with E-state index in [-0.39, 0.29) is 43.3 Å². The number of nitrogens with zero attached hydrogens (tertiary/aromatic N) is 5. The lowest BCUT2D eigenvalue weighted by Crippen LogP contribution is -2.42. The third kappa shape index (κ3) is 8.64. The minimum atomic E-state index is -2.61. The molecule has 13 heteroatoms. The fraction of sp³-hybridized carbons (Fsp3) is 0.467. The van der Waals surface area contributed by atoms with Crippen molar-refractivity contribution in [3.05, 3.63) is 60.8 Å². The third-order valence-corrected chi connectivity index (χ3v) is 8.96. The molecular formula is C30H36F3N7O2S. The summed E-state index contributed by atoms with van der Waals surface area (Å²) < 4.78 is 51.8. The van der Waals surface area contributed by atoms with Crippen LogP contribution in [0.2, 0.25) is 0 Å².